The molecule has 0 spiro atoms. The molecule has 20 N–H and O–H groups in total. The molecule has 0 radical (unpaired) electrons. The van der Waals surface area contributed by atoms with Gasteiger partial charge >= 0.3 is 11.9 Å². The van der Waals surface area contributed by atoms with Gasteiger partial charge in [-0.25, -0.2) is 4.79 Å². The second-order valence-corrected chi connectivity index (χ2v) is 33.6. The smallest absolute Gasteiger partial charge is 0.335 e. The zero-order chi connectivity index (χ0) is 78.2. The van der Waals surface area contributed by atoms with Crippen LogP contribution in [0.5, 0.6) is 0 Å². The van der Waals surface area contributed by atoms with E-state index in [0.29, 0.717) is 38.5 Å². The highest BCUT2D eigenvalue weighted by molar-refractivity contribution is 5.80. The van der Waals surface area contributed by atoms with Gasteiger partial charge in [0.1, 0.15) is 146 Å². The quantitative estimate of drug-likeness (QED) is 0.0262. The Labute approximate surface area is 615 Å². The summed E-state index contributed by atoms with van der Waals surface area (Å²) in [5.41, 5.74) is -4.96. The van der Waals surface area contributed by atoms with Crippen LogP contribution in [0.25, 0.3) is 0 Å². The normalized spacial score (nSPS) is 55.0. The number of allylic oxidation sites excluding steroid dienone is 2. The summed E-state index contributed by atoms with van der Waals surface area (Å²) in [6.07, 6.45) is -58.4. The number of esters is 1. The molecular weight excluding hydrogens is 1430 g/mol. The van der Waals surface area contributed by atoms with Crippen molar-refractivity contribution in [1.82, 2.24) is 0 Å². The summed E-state index contributed by atoms with van der Waals surface area (Å²) in [5, 5.41) is 221. The lowest BCUT2D eigenvalue weighted by Gasteiger charge is -2.71. The number of aliphatic hydroxyl groups is 19. The first kappa shape index (κ1) is 83.5. The van der Waals surface area contributed by atoms with Crippen molar-refractivity contribution < 1.29 is 183 Å². The second-order valence-electron chi connectivity index (χ2n) is 33.6. The van der Waals surface area contributed by atoms with Crippen LogP contribution in [0.3, 0.4) is 0 Å². The summed E-state index contributed by atoms with van der Waals surface area (Å²) in [7, 11) is 0. The molecule has 612 valence electrons. The number of rotatable bonds is 18. The van der Waals surface area contributed by atoms with E-state index in [0.717, 1.165) is 11.9 Å². The van der Waals surface area contributed by atoms with Crippen LogP contribution < -0.4 is 0 Å². The monoisotopic (exact) mass is 1540 g/mol. The average molecular weight is 1540 g/mol. The van der Waals surface area contributed by atoms with E-state index >= 15 is 4.79 Å². The standard InChI is InChI=1S/C70H110O37/c1-24-36(77)40(81)44(85)58(96-24)102-51-29(75)22-95-63(55(51)106-61-49(90)53(104-60-46(87)42(83)39(80)31(20-72)99-60)50(25(2)97-61)101-57-43(84)37(78)28(74)21-94-57)107-64(93)70-16-15-65(3,4)17-27(70)26-9-10-33-66(5)13-12-35(67(6,23-73)32(66)11-14-68(33,7)69(26,8)18-34(70)76)100-62-48(89)52(47(88)54(105-62)56(91)92)103-59-45(86)41(82)38(79)30(19-71)98-59/h9,23-25,27-55,57-63,71-72,74-90H,10-22H2,1-8H3,(H,91,92)/t24-,25+,27+,28-,29+,30-,31-,32?,33-,34-,35+,36+,37+,38+,39-,40+,41+,42+,43-,44-,45-,46-,47+,48-,49-,50+,51+,52+,53+,54+,55-,57+,58+,59+,60+,61+,62-,63+,66+,67+,68-,69-,70-/m1/s1. The second kappa shape index (κ2) is 31.4. The largest absolute Gasteiger partial charge is 0.479 e. The number of aldehydes is 1. The maximum Gasteiger partial charge on any atom is 0.335 e. The number of hydrogen-bond donors (Lipinski definition) is 20. The Kier molecular flexibility index (Phi) is 24.5. The zero-order valence-corrected chi connectivity index (χ0v) is 60.7. The number of hydrogen-bond acceptors (Lipinski definition) is 36. The first-order chi connectivity index (χ1) is 50.2. The number of aliphatic carboxylic acids is 1. The third-order valence-electron chi connectivity index (χ3n) is 26.9. The molecule has 0 amide bonds. The molecule has 0 aromatic carbocycles. The van der Waals surface area contributed by atoms with Crippen molar-refractivity contribution in [2.75, 3.05) is 26.4 Å². The van der Waals surface area contributed by atoms with Gasteiger partial charge in [-0.3, -0.25) is 4.79 Å². The molecule has 0 aromatic rings. The molecule has 107 heavy (non-hydrogen) atoms. The molecule has 5 aliphatic carbocycles. The Hall–Kier alpha value is -2.93. The number of carbonyl (C=O) groups is 3. The summed E-state index contributed by atoms with van der Waals surface area (Å²) in [6, 6.07) is 0. The van der Waals surface area contributed by atoms with Gasteiger partial charge in [-0.1, -0.05) is 53.2 Å². The van der Waals surface area contributed by atoms with E-state index in [2.05, 4.69) is 26.8 Å². The molecule has 12 rings (SSSR count). The summed E-state index contributed by atoms with van der Waals surface area (Å²) in [6.45, 7) is 11.9. The number of carboxylic acid groups (broad SMARTS) is 1. The minimum atomic E-state index is -2.22. The van der Waals surface area contributed by atoms with Crippen LogP contribution in [0.4, 0.5) is 0 Å². The number of fused-ring (bicyclic) bond motifs is 7. The Morgan fingerprint density at radius 3 is 1.61 bits per heavy atom. The average Bonchev–Trinajstić information content (AvgIpc) is 0.670. The van der Waals surface area contributed by atoms with Gasteiger partial charge in [-0.15, -0.1) is 0 Å². The lowest BCUT2D eigenvalue weighted by atomic mass is 9.33. The van der Waals surface area contributed by atoms with Gasteiger partial charge in [0.05, 0.1) is 56.3 Å². The fraction of sp³-hybridized carbons (Fsp3) is 0.929. The van der Waals surface area contributed by atoms with Gasteiger partial charge in [0, 0.05) is 0 Å². The van der Waals surface area contributed by atoms with E-state index in [-0.39, 0.29) is 25.2 Å². The number of ether oxygens (including phenoxy) is 14. The molecule has 37 heteroatoms. The molecule has 7 saturated heterocycles. The van der Waals surface area contributed by atoms with Crippen LogP contribution in [-0.2, 0) is 80.7 Å². The Balaban J connectivity index is 0.834. The zero-order valence-electron chi connectivity index (χ0n) is 60.7. The van der Waals surface area contributed by atoms with Crippen LogP contribution in [0.2, 0.25) is 0 Å². The fourth-order valence-corrected chi connectivity index (χ4v) is 20.3. The van der Waals surface area contributed by atoms with Crippen LogP contribution in [0, 0.1) is 50.2 Å². The summed E-state index contributed by atoms with van der Waals surface area (Å²) >= 11 is 0. The van der Waals surface area contributed by atoms with Gasteiger partial charge in [-0.05, 0) is 111 Å². The highest BCUT2D eigenvalue weighted by atomic mass is 16.8. The lowest BCUT2D eigenvalue weighted by Crippen LogP contribution is -2.69. The van der Waals surface area contributed by atoms with Crippen molar-refractivity contribution in [3.05, 3.63) is 11.6 Å². The fourth-order valence-electron chi connectivity index (χ4n) is 20.3. The molecule has 7 aliphatic heterocycles. The van der Waals surface area contributed by atoms with E-state index in [9.17, 15) is 112 Å². The third-order valence-corrected chi connectivity index (χ3v) is 26.9. The Bertz CT molecular complexity index is 3130. The summed E-state index contributed by atoms with van der Waals surface area (Å²) in [4.78, 5) is 42.8. The molecular formula is C70H110O37. The van der Waals surface area contributed by atoms with Crippen molar-refractivity contribution >= 4 is 18.2 Å². The predicted octanol–water partition coefficient (Wildman–Crippen LogP) is -6.99. The van der Waals surface area contributed by atoms with Crippen molar-refractivity contribution in [3.8, 4) is 0 Å². The van der Waals surface area contributed by atoms with Crippen molar-refractivity contribution in [1.29, 1.82) is 0 Å². The van der Waals surface area contributed by atoms with E-state index in [4.69, 9.17) is 66.3 Å². The van der Waals surface area contributed by atoms with E-state index in [1.54, 1.807) is 6.92 Å². The van der Waals surface area contributed by atoms with Crippen LogP contribution in [0.1, 0.15) is 113 Å². The van der Waals surface area contributed by atoms with Gasteiger partial charge in [-0.2, -0.15) is 0 Å². The van der Waals surface area contributed by atoms with Crippen molar-refractivity contribution in [2.24, 2.45) is 50.2 Å². The molecule has 37 nitrogen and oxygen atoms in total. The van der Waals surface area contributed by atoms with Gasteiger partial charge < -0.3 is 173 Å². The van der Waals surface area contributed by atoms with Crippen molar-refractivity contribution in [2.45, 2.75) is 328 Å². The molecule has 1 unspecified atom stereocenters. The minimum Gasteiger partial charge on any atom is -0.479 e. The topological polar surface area (TPSA) is 585 Å². The predicted molar refractivity (Wildman–Crippen MR) is 348 cm³/mol. The molecule has 12 aliphatic rings. The molecule has 43 atom stereocenters. The van der Waals surface area contributed by atoms with E-state index < -0.39 is 298 Å². The Morgan fingerprint density at radius 1 is 0.486 bits per heavy atom. The summed E-state index contributed by atoms with van der Waals surface area (Å²) < 4.78 is 84.7. The maximum atomic E-state index is 16.2. The molecule has 4 saturated carbocycles. The molecule has 7 heterocycles. The number of carbonyl (C=O) groups excluding carboxylic acids is 2. The molecule has 0 aromatic heterocycles. The third kappa shape index (κ3) is 14.3. The van der Waals surface area contributed by atoms with Crippen LogP contribution >= 0.6 is 0 Å². The van der Waals surface area contributed by atoms with Gasteiger partial charge in [0.2, 0.25) is 6.29 Å². The number of aliphatic hydroxyl groups excluding tert-OH is 19. The van der Waals surface area contributed by atoms with Crippen molar-refractivity contribution in [3.63, 3.8) is 0 Å². The minimum absolute atomic E-state index is 0.00411. The van der Waals surface area contributed by atoms with Crippen LogP contribution in [0.15, 0.2) is 11.6 Å². The summed E-state index contributed by atoms with van der Waals surface area (Å²) in [5.74, 6) is -4.11. The highest BCUT2D eigenvalue weighted by Gasteiger charge is 2.73. The SMILES string of the molecule is C[C@@H]1O[C@@H](O[C@H]2[C@H](OC(=O)[C@]34CCC(C)(C)C[C@H]3C3=CC[C@@H]5[C@@]6(C)CC[C@H](O[C@@H]7O[C@H](C(=O)O)[C@@H](O)[C@H](O[C@@H]8O[C@H](CO)[C@H](O)[C@H](O)[C@H]8O)[C@H]7O)[C@@](C)(C=O)C6CC[C@@]5(C)[C@]3(C)C[C@H]4O)OC[C@H](O)[C@@H]2O[C@@H]2O[C@H](C)[C@H](O)[C@H](O)[C@H]2O)[C@H](O)[C@H](O[C@@H]2O[C@H](CO)[C@@H](O)[C@H](O)[C@H]2O)[C@H]1O[C@@H]1OC[C@@H](O)[C@H](O)[C@H]1O. The first-order valence-electron chi connectivity index (χ1n) is 37.0. The first-order valence-corrected chi connectivity index (χ1v) is 37.0. The van der Waals surface area contributed by atoms with Crippen LogP contribution in [-0.4, -0.2) is 362 Å². The maximum absolute atomic E-state index is 16.2. The number of carboxylic acids is 1. The highest BCUT2D eigenvalue weighted by Crippen LogP contribution is 2.76. The molecule has 11 fully saturated rings. The Morgan fingerprint density at radius 2 is 1.00 bits per heavy atom. The van der Waals surface area contributed by atoms with Gasteiger partial charge in [0.15, 0.2) is 49.9 Å². The van der Waals surface area contributed by atoms with Gasteiger partial charge in [0.25, 0.3) is 0 Å². The van der Waals surface area contributed by atoms with E-state index in [1.807, 2.05) is 13.8 Å². The molecule has 0 bridgehead atoms. The lowest BCUT2D eigenvalue weighted by molar-refractivity contribution is -0.400. The van der Waals surface area contributed by atoms with E-state index in [1.165, 1.54) is 13.8 Å².